The van der Waals surface area contributed by atoms with Crippen LogP contribution in [-0.2, 0) is 9.53 Å². The van der Waals surface area contributed by atoms with Crippen molar-refractivity contribution in [1.29, 1.82) is 0 Å². The van der Waals surface area contributed by atoms with Gasteiger partial charge in [0.05, 0.1) is 23.0 Å². The molecule has 1 saturated carbocycles. The maximum Gasteiger partial charge on any atom is 0.226 e. The van der Waals surface area contributed by atoms with Crippen molar-refractivity contribution in [2.75, 3.05) is 32.7 Å². The van der Waals surface area contributed by atoms with Crippen LogP contribution in [0.4, 0.5) is 10.1 Å². The normalized spacial score (nSPS) is 22.2. The molecule has 5 rings (SSSR count). The van der Waals surface area contributed by atoms with Crippen molar-refractivity contribution in [2.45, 2.75) is 50.3 Å². The summed E-state index contributed by atoms with van der Waals surface area (Å²) >= 11 is 6.08. The Morgan fingerprint density at radius 1 is 1.13 bits per heavy atom. The number of benzene rings is 2. The number of nitrogens with zero attached hydrogens (tertiary/aromatic N) is 3. The number of carbonyl (C=O) groups is 1. The van der Waals surface area contributed by atoms with E-state index >= 15 is 0 Å². The molecule has 2 aliphatic rings. The maximum absolute atomic E-state index is 13.9. The Labute approximate surface area is 226 Å². The molecule has 1 saturated heterocycles. The SMILES string of the molecule is COc1ccc2c(OC3(Nc4ccc(F)c(Cl)c4)CCC(N(C)C(=O)C4CCOCC4)CC3)ncnc2c1. The monoisotopic (exact) mass is 542 g/mol. The summed E-state index contributed by atoms with van der Waals surface area (Å²) in [6.45, 7) is 1.27. The molecular formula is C28H32ClFN4O4. The fourth-order valence-electron chi connectivity index (χ4n) is 5.36. The van der Waals surface area contributed by atoms with Gasteiger partial charge in [-0.15, -0.1) is 0 Å². The molecule has 38 heavy (non-hydrogen) atoms. The molecule has 202 valence electrons. The van der Waals surface area contributed by atoms with Gasteiger partial charge >= 0.3 is 0 Å². The number of anilines is 1. The van der Waals surface area contributed by atoms with Gasteiger partial charge in [-0.2, -0.15) is 0 Å². The average Bonchev–Trinajstić information content (AvgIpc) is 2.95. The first kappa shape index (κ1) is 26.4. The van der Waals surface area contributed by atoms with E-state index in [1.807, 2.05) is 30.1 Å². The third-order valence-corrected chi connectivity index (χ3v) is 7.91. The molecular weight excluding hydrogens is 511 g/mol. The van der Waals surface area contributed by atoms with Crippen LogP contribution in [0, 0.1) is 11.7 Å². The quantitative estimate of drug-likeness (QED) is 0.397. The van der Waals surface area contributed by atoms with Crippen LogP contribution in [0.2, 0.25) is 5.02 Å². The number of amides is 1. The van der Waals surface area contributed by atoms with Crippen LogP contribution in [0.3, 0.4) is 0 Å². The zero-order chi connectivity index (χ0) is 26.7. The van der Waals surface area contributed by atoms with E-state index < -0.39 is 11.5 Å². The number of rotatable bonds is 7. The second-order valence-corrected chi connectivity index (χ2v) is 10.4. The third kappa shape index (κ3) is 5.63. The minimum absolute atomic E-state index is 0.0144. The molecule has 1 N–H and O–H groups in total. The molecule has 0 atom stereocenters. The van der Waals surface area contributed by atoms with Crippen molar-refractivity contribution in [3.63, 3.8) is 0 Å². The fraction of sp³-hybridized carbons (Fsp3) is 0.464. The predicted octanol–water partition coefficient (Wildman–Crippen LogP) is 5.45. The second kappa shape index (κ2) is 11.3. The van der Waals surface area contributed by atoms with Crippen molar-refractivity contribution in [3.05, 3.63) is 53.6 Å². The molecule has 3 aromatic rings. The molecule has 2 heterocycles. The summed E-state index contributed by atoms with van der Waals surface area (Å²) in [5.41, 5.74) is 0.493. The number of hydrogen-bond donors (Lipinski definition) is 1. The van der Waals surface area contributed by atoms with Gasteiger partial charge < -0.3 is 24.4 Å². The fourth-order valence-corrected chi connectivity index (χ4v) is 5.54. The van der Waals surface area contributed by atoms with Gasteiger partial charge in [0.1, 0.15) is 17.9 Å². The van der Waals surface area contributed by atoms with E-state index in [0.717, 1.165) is 31.1 Å². The van der Waals surface area contributed by atoms with Crippen molar-refractivity contribution in [2.24, 2.45) is 5.92 Å². The van der Waals surface area contributed by atoms with Crippen molar-refractivity contribution < 1.29 is 23.4 Å². The highest BCUT2D eigenvalue weighted by Crippen LogP contribution is 2.38. The Kier molecular flexibility index (Phi) is 7.85. The van der Waals surface area contributed by atoms with E-state index in [1.54, 1.807) is 19.2 Å². The van der Waals surface area contributed by atoms with Crippen molar-refractivity contribution in [1.82, 2.24) is 14.9 Å². The molecule has 2 fully saturated rings. The molecule has 10 heteroatoms. The third-order valence-electron chi connectivity index (χ3n) is 7.62. The number of halogens is 2. The standard InChI is InChI=1S/C28H32ClFN4O4/c1-34(27(35)18-9-13-37-14-10-18)20-7-11-28(12-8-20,33-19-3-6-24(30)23(29)15-19)38-26-22-5-4-21(36-2)16-25(22)31-17-32-26/h3-6,15-18,20,33H,7-14H2,1-2H3. The molecule has 0 spiro atoms. The Bertz CT molecular complexity index is 1300. The average molecular weight is 543 g/mol. The van der Waals surface area contributed by atoms with Crippen LogP contribution >= 0.6 is 11.6 Å². The number of hydrogen-bond acceptors (Lipinski definition) is 7. The molecule has 0 bridgehead atoms. The minimum Gasteiger partial charge on any atom is -0.497 e. The first-order valence-electron chi connectivity index (χ1n) is 12.9. The predicted molar refractivity (Wildman–Crippen MR) is 143 cm³/mol. The van der Waals surface area contributed by atoms with Gasteiger partial charge in [-0.1, -0.05) is 11.6 Å². The van der Waals surface area contributed by atoms with E-state index in [2.05, 4.69) is 15.3 Å². The minimum atomic E-state index is -0.846. The molecule has 0 unspecified atom stereocenters. The first-order chi connectivity index (χ1) is 18.4. The van der Waals surface area contributed by atoms with E-state index in [0.29, 0.717) is 48.9 Å². The summed E-state index contributed by atoms with van der Waals surface area (Å²) in [5, 5.41) is 4.25. The molecule has 1 aliphatic heterocycles. The van der Waals surface area contributed by atoms with Gasteiger partial charge in [0.2, 0.25) is 11.8 Å². The molecule has 2 aromatic carbocycles. The number of carbonyl (C=O) groups excluding carboxylic acids is 1. The zero-order valence-electron chi connectivity index (χ0n) is 21.6. The lowest BCUT2D eigenvalue weighted by molar-refractivity contribution is -0.140. The Morgan fingerprint density at radius 2 is 1.89 bits per heavy atom. The Morgan fingerprint density at radius 3 is 2.61 bits per heavy atom. The smallest absolute Gasteiger partial charge is 0.226 e. The lowest BCUT2D eigenvalue weighted by atomic mass is 9.86. The van der Waals surface area contributed by atoms with E-state index in [9.17, 15) is 9.18 Å². The van der Waals surface area contributed by atoms with Crippen LogP contribution in [0.1, 0.15) is 38.5 Å². The summed E-state index contributed by atoms with van der Waals surface area (Å²) in [5.74, 6) is 0.832. The van der Waals surface area contributed by atoms with Gasteiger partial charge in [0.15, 0.2) is 5.72 Å². The molecule has 1 aromatic heterocycles. The topological polar surface area (TPSA) is 85.8 Å². The lowest BCUT2D eigenvalue weighted by Crippen LogP contribution is -2.52. The summed E-state index contributed by atoms with van der Waals surface area (Å²) in [6, 6.07) is 10.2. The second-order valence-electron chi connectivity index (χ2n) is 9.98. The van der Waals surface area contributed by atoms with E-state index in [4.69, 9.17) is 25.8 Å². The number of fused-ring (bicyclic) bond motifs is 1. The van der Waals surface area contributed by atoms with Gasteiger partial charge in [0.25, 0.3) is 0 Å². The summed E-state index contributed by atoms with van der Waals surface area (Å²) in [4.78, 5) is 23.9. The number of nitrogens with one attached hydrogen (secondary N) is 1. The van der Waals surface area contributed by atoms with Crippen LogP contribution < -0.4 is 14.8 Å². The Hall–Kier alpha value is -3.17. The highest BCUT2D eigenvalue weighted by Gasteiger charge is 2.41. The van der Waals surface area contributed by atoms with Crippen molar-refractivity contribution in [3.8, 4) is 11.6 Å². The van der Waals surface area contributed by atoms with E-state index in [-0.39, 0.29) is 22.9 Å². The van der Waals surface area contributed by atoms with Gasteiger partial charge in [-0.3, -0.25) is 4.79 Å². The lowest BCUT2D eigenvalue weighted by Gasteiger charge is -2.44. The Balaban J connectivity index is 1.39. The van der Waals surface area contributed by atoms with Gasteiger partial charge in [-0.05, 0) is 56.0 Å². The van der Waals surface area contributed by atoms with Gasteiger partial charge in [0, 0.05) is 56.8 Å². The van der Waals surface area contributed by atoms with Crippen LogP contribution in [0.15, 0.2) is 42.7 Å². The van der Waals surface area contributed by atoms with Crippen LogP contribution in [0.25, 0.3) is 10.9 Å². The van der Waals surface area contributed by atoms with Gasteiger partial charge in [-0.25, -0.2) is 14.4 Å². The van der Waals surface area contributed by atoms with Crippen LogP contribution in [-0.4, -0.2) is 59.9 Å². The number of aromatic nitrogens is 2. The molecule has 0 radical (unpaired) electrons. The zero-order valence-corrected chi connectivity index (χ0v) is 22.3. The van der Waals surface area contributed by atoms with Crippen molar-refractivity contribution >= 4 is 34.1 Å². The summed E-state index contributed by atoms with van der Waals surface area (Å²) in [7, 11) is 3.50. The summed E-state index contributed by atoms with van der Waals surface area (Å²) in [6.07, 6.45) is 5.64. The van der Waals surface area contributed by atoms with Crippen LogP contribution in [0.5, 0.6) is 11.6 Å². The highest BCUT2D eigenvalue weighted by atomic mass is 35.5. The number of methoxy groups -OCH3 is 1. The largest absolute Gasteiger partial charge is 0.497 e. The maximum atomic E-state index is 13.9. The molecule has 1 amide bonds. The van der Waals surface area contributed by atoms with E-state index in [1.165, 1.54) is 12.4 Å². The summed E-state index contributed by atoms with van der Waals surface area (Å²) < 4.78 is 31.3. The highest BCUT2D eigenvalue weighted by molar-refractivity contribution is 6.31. The molecule has 1 aliphatic carbocycles. The number of ether oxygens (including phenoxy) is 3. The first-order valence-corrected chi connectivity index (χ1v) is 13.3. The molecule has 8 nitrogen and oxygen atoms in total.